The number of fused-ring (bicyclic) bond motifs is 3. The molecule has 9 heteroatoms. The van der Waals surface area contributed by atoms with Crippen molar-refractivity contribution in [2.75, 3.05) is 13.2 Å². The van der Waals surface area contributed by atoms with Gasteiger partial charge >= 0.3 is 12.1 Å². The monoisotopic (exact) mass is 474 g/mol. The molecular weight excluding hydrogens is 446 g/mol. The van der Waals surface area contributed by atoms with Crippen molar-refractivity contribution in [3.63, 3.8) is 0 Å². The third-order valence-corrected chi connectivity index (χ3v) is 5.83. The highest BCUT2D eigenvalue weighted by Crippen LogP contribution is 2.44. The molecular formula is C25H28F2N2O5. The minimum atomic E-state index is -2.97. The number of hydrogen-bond acceptors (Lipinski definition) is 4. The summed E-state index contributed by atoms with van der Waals surface area (Å²) in [6, 6.07) is 14.3. The summed E-state index contributed by atoms with van der Waals surface area (Å²) in [6.45, 7) is 2.18. The van der Waals surface area contributed by atoms with Crippen LogP contribution in [0.3, 0.4) is 0 Å². The van der Waals surface area contributed by atoms with Crippen LogP contribution >= 0.6 is 0 Å². The Kier molecular flexibility index (Phi) is 8.56. The summed E-state index contributed by atoms with van der Waals surface area (Å²) in [5.41, 5.74) is 4.50. The molecule has 2 aromatic carbocycles. The van der Waals surface area contributed by atoms with Gasteiger partial charge in [0, 0.05) is 18.9 Å². The number of rotatable bonds is 11. The van der Waals surface area contributed by atoms with Crippen LogP contribution in [0.5, 0.6) is 0 Å². The molecule has 34 heavy (non-hydrogen) atoms. The number of carboxylic acids is 1. The van der Waals surface area contributed by atoms with E-state index in [1.807, 2.05) is 36.4 Å². The largest absolute Gasteiger partial charge is 0.481 e. The number of hydrogen-bond donors (Lipinski definition) is 3. The van der Waals surface area contributed by atoms with Gasteiger partial charge in [0.05, 0.1) is 6.42 Å². The van der Waals surface area contributed by atoms with E-state index in [4.69, 9.17) is 9.84 Å². The minimum Gasteiger partial charge on any atom is -0.481 e. The first-order chi connectivity index (χ1) is 16.3. The Balaban J connectivity index is 1.41. The summed E-state index contributed by atoms with van der Waals surface area (Å²) in [6.07, 6.45) is -4.02. The van der Waals surface area contributed by atoms with Crippen molar-refractivity contribution in [1.29, 1.82) is 0 Å². The van der Waals surface area contributed by atoms with E-state index in [1.165, 1.54) is 0 Å². The van der Waals surface area contributed by atoms with Gasteiger partial charge in [-0.1, -0.05) is 55.5 Å². The van der Waals surface area contributed by atoms with Gasteiger partial charge in [0.25, 0.3) is 6.43 Å². The molecule has 0 radical (unpaired) electrons. The maximum Gasteiger partial charge on any atom is 0.407 e. The van der Waals surface area contributed by atoms with Crippen molar-refractivity contribution in [2.45, 2.75) is 44.6 Å². The zero-order chi connectivity index (χ0) is 24.7. The molecule has 0 saturated carbocycles. The third kappa shape index (κ3) is 6.52. The van der Waals surface area contributed by atoms with E-state index in [0.29, 0.717) is 6.42 Å². The van der Waals surface area contributed by atoms with E-state index in [1.54, 1.807) is 6.92 Å². The molecule has 2 atom stereocenters. The Bertz CT molecular complexity index is 984. The molecule has 3 rings (SSSR count). The second-order valence-electron chi connectivity index (χ2n) is 8.46. The van der Waals surface area contributed by atoms with Crippen LogP contribution in [-0.2, 0) is 14.3 Å². The van der Waals surface area contributed by atoms with Crippen molar-refractivity contribution in [3.8, 4) is 11.1 Å². The molecule has 3 N–H and O–H groups in total. The van der Waals surface area contributed by atoms with E-state index in [-0.39, 0.29) is 31.4 Å². The average molecular weight is 475 g/mol. The molecule has 1 aliphatic carbocycles. The van der Waals surface area contributed by atoms with Gasteiger partial charge < -0.3 is 20.5 Å². The molecule has 7 nitrogen and oxygen atoms in total. The van der Waals surface area contributed by atoms with Crippen molar-refractivity contribution >= 4 is 18.0 Å². The second-order valence-corrected chi connectivity index (χ2v) is 8.46. The number of alkyl carbamates (subject to hydrolysis) is 1. The second kappa shape index (κ2) is 11.6. The van der Waals surface area contributed by atoms with Gasteiger partial charge in [0.1, 0.15) is 12.6 Å². The van der Waals surface area contributed by atoms with E-state index in [2.05, 4.69) is 22.8 Å². The van der Waals surface area contributed by atoms with Gasteiger partial charge in [0.2, 0.25) is 5.91 Å². The first kappa shape index (κ1) is 25.1. The van der Waals surface area contributed by atoms with Gasteiger partial charge in [-0.05, 0) is 34.6 Å². The average Bonchev–Trinajstić information content (AvgIpc) is 3.10. The number of benzene rings is 2. The van der Waals surface area contributed by atoms with E-state index in [9.17, 15) is 23.2 Å². The van der Waals surface area contributed by atoms with Gasteiger partial charge in [-0.15, -0.1) is 0 Å². The van der Waals surface area contributed by atoms with Crippen LogP contribution < -0.4 is 10.6 Å². The molecule has 2 aromatic rings. The molecule has 1 aliphatic rings. The van der Waals surface area contributed by atoms with Gasteiger partial charge in [-0.25, -0.2) is 13.6 Å². The van der Waals surface area contributed by atoms with E-state index in [0.717, 1.165) is 22.3 Å². The molecule has 2 unspecified atom stereocenters. The number of carbonyl (C=O) groups is 3. The number of aliphatic carboxylic acids is 1. The quantitative estimate of drug-likeness (QED) is 0.454. The normalized spacial score (nSPS) is 14.1. The summed E-state index contributed by atoms with van der Waals surface area (Å²) in [7, 11) is 0. The number of nitrogens with one attached hydrogen (secondary N) is 2. The fraction of sp³-hybridized carbons (Fsp3) is 0.400. The third-order valence-electron chi connectivity index (χ3n) is 5.83. The number of halogens is 2. The predicted molar refractivity (Wildman–Crippen MR) is 122 cm³/mol. The standard InChI is InChI=1S/C25H28F2N2O5/c1-15(12-22(30)29-21(24(26)27)13-23(31)32)10-11-28-25(33)34-14-20-18-8-4-2-6-16(18)17-7-3-5-9-19(17)20/h2-9,15,20-21,24H,10-14H2,1H3,(H,28,33)(H,29,30)(H,31,32). The number of ether oxygens (including phenoxy) is 1. The van der Waals surface area contributed by atoms with Gasteiger partial charge in [-0.2, -0.15) is 0 Å². The summed E-state index contributed by atoms with van der Waals surface area (Å²) in [5.74, 6) is -2.32. The van der Waals surface area contributed by atoms with Crippen LogP contribution in [0.2, 0.25) is 0 Å². The first-order valence-electron chi connectivity index (χ1n) is 11.1. The lowest BCUT2D eigenvalue weighted by Crippen LogP contribution is -2.42. The fourth-order valence-corrected chi connectivity index (χ4v) is 4.15. The molecule has 182 valence electrons. The van der Waals surface area contributed by atoms with Crippen LogP contribution in [0.1, 0.15) is 43.2 Å². The molecule has 0 saturated heterocycles. The first-order valence-corrected chi connectivity index (χ1v) is 11.1. The van der Waals surface area contributed by atoms with Gasteiger partial charge in [0.15, 0.2) is 0 Å². The van der Waals surface area contributed by atoms with Crippen LogP contribution in [-0.4, -0.2) is 48.7 Å². The van der Waals surface area contributed by atoms with Crippen molar-refractivity contribution < 1.29 is 33.0 Å². The number of carboxylic acid groups (broad SMARTS) is 1. The molecule has 0 bridgehead atoms. The van der Waals surface area contributed by atoms with E-state index >= 15 is 0 Å². The Hall–Kier alpha value is -3.49. The van der Waals surface area contributed by atoms with Crippen molar-refractivity contribution in [2.24, 2.45) is 5.92 Å². The lowest BCUT2D eigenvalue weighted by molar-refractivity contribution is -0.139. The Morgan fingerprint density at radius 3 is 2.15 bits per heavy atom. The Morgan fingerprint density at radius 2 is 1.59 bits per heavy atom. The number of alkyl halides is 2. The fourth-order valence-electron chi connectivity index (χ4n) is 4.15. The molecule has 0 spiro atoms. The zero-order valence-electron chi connectivity index (χ0n) is 18.8. The molecule has 0 fully saturated rings. The molecule has 0 aliphatic heterocycles. The Morgan fingerprint density at radius 1 is 1.00 bits per heavy atom. The lowest BCUT2D eigenvalue weighted by atomic mass is 9.98. The highest BCUT2D eigenvalue weighted by molar-refractivity contribution is 5.79. The summed E-state index contributed by atoms with van der Waals surface area (Å²) < 4.78 is 31.2. The smallest absolute Gasteiger partial charge is 0.407 e. The minimum absolute atomic E-state index is 0.0469. The van der Waals surface area contributed by atoms with Crippen molar-refractivity contribution in [3.05, 3.63) is 59.7 Å². The topological polar surface area (TPSA) is 105 Å². The molecule has 0 heterocycles. The summed E-state index contributed by atoms with van der Waals surface area (Å²) >= 11 is 0. The van der Waals surface area contributed by atoms with Crippen LogP contribution in [0.4, 0.5) is 13.6 Å². The maximum atomic E-state index is 12.9. The highest BCUT2D eigenvalue weighted by atomic mass is 19.3. The van der Waals surface area contributed by atoms with Crippen molar-refractivity contribution in [1.82, 2.24) is 10.6 Å². The summed E-state index contributed by atoms with van der Waals surface area (Å²) in [4.78, 5) is 34.8. The SMILES string of the molecule is CC(CCNC(=O)OCC1c2ccccc2-c2ccccc21)CC(=O)NC(CC(=O)O)C(F)F. The number of carbonyl (C=O) groups excluding carboxylic acids is 2. The zero-order valence-corrected chi connectivity index (χ0v) is 18.8. The van der Waals surface area contributed by atoms with Crippen LogP contribution in [0, 0.1) is 5.92 Å². The van der Waals surface area contributed by atoms with Crippen LogP contribution in [0.15, 0.2) is 48.5 Å². The predicted octanol–water partition coefficient (Wildman–Crippen LogP) is 4.17. The van der Waals surface area contributed by atoms with Crippen LogP contribution in [0.25, 0.3) is 11.1 Å². The maximum absolute atomic E-state index is 12.9. The number of amides is 2. The van der Waals surface area contributed by atoms with E-state index < -0.39 is 36.9 Å². The molecule has 2 amide bonds. The Labute approximate surface area is 196 Å². The summed E-state index contributed by atoms with van der Waals surface area (Å²) in [5, 5.41) is 13.4. The molecule has 0 aromatic heterocycles. The highest BCUT2D eigenvalue weighted by Gasteiger charge is 2.29. The lowest BCUT2D eigenvalue weighted by Gasteiger charge is -2.18. The van der Waals surface area contributed by atoms with Gasteiger partial charge in [-0.3, -0.25) is 9.59 Å².